The van der Waals surface area contributed by atoms with Gasteiger partial charge in [0.05, 0.1) is 12.7 Å². The minimum atomic E-state index is -0.167. The van der Waals surface area contributed by atoms with E-state index in [-0.39, 0.29) is 5.91 Å². The van der Waals surface area contributed by atoms with Gasteiger partial charge in [-0.05, 0) is 48.7 Å². The van der Waals surface area contributed by atoms with E-state index < -0.39 is 0 Å². The molecule has 3 aromatic rings. The monoisotopic (exact) mass is 361 g/mol. The lowest BCUT2D eigenvalue weighted by Gasteiger charge is -2.13. The highest BCUT2D eigenvalue weighted by molar-refractivity contribution is 6.05. The smallest absolute Gasteiger partial charge is 0.257 e. The molecule has 1 amide bonds. The maximum Gasteiger partial charge on any atom is 0.257 e. The van der Waals surface area contributed by atoms with E-state index in [9.17, 15) is 4.79 Å². The van der Waals surface area contributed by atoms with Gasteiger partial charge in [0.15, 0.2) is 0 Å². The van der Waals surface area contributed by atoms with Gasteiger partial charge in [-0.1, -0.05) is 31.2 Å². The number of nitrogens with one attached hydrogen (secondary N) is 2. The molecule has 0 unspecified atom stereocenters. The van der Waals surface area contributed by atoms with Gasteiger partial charge >= 0.3 is 0 Å². The topological polar surface area (TPSA) is 63.2 Å². The molecule has 3 rings (SSSR count). The van der Waals surface area contributed by atoms with Crippen LogP contribution in [0.4, 0.5) is 17.2 Å². The van der Waals surface area contributed by atoms with Crippen LogP contribution in [0.1, 0.15) is 28.4 Å². The first-order valence-electron chi connectivity index (χ1n) is 8.87. The third-order valence-electron chi connectivity index (χ3n) is 4.35. The van der Waals surface area contributed by atoms with Crippen molar-refractivity contribution in [1.29, 1.82) is 0 Å². The first kappa shape index (κ1) is 18.5. The summed E-state index contributed by atoms with van der Waals surface area (Å²) >= 11 is 0. The van der Waals surface area contributed by atoms with Gasteiger partial charge in [0, 0.05) is 23.6 Å². The highest BCUT2D eigenvalue weighted by atomic mass is 16.5. The summed E-state index contributed by atoms with van der Waals surface area (Å²) in [5.74, 6) is 1.25. The van der Waals surface area contributed by atoms with Crippen LogP contribution < -0.4 is 15.4 Å². The number of ether oxygens (including phenoxy) is 1. The summed E-state index contributed by atoms with van der Waals surface area (Å²) in [5, 5.41) is 6.21. The average molecular weight is 361 g/mol. The zero-order valence-electron chi connectivity index (χ0n) is 15.7. The second kappa shape index (κ2) is 8.36. The van der Waals surface area contributed by atoms with Crippen molar-refractivity contribution in [3.63, 3.8) is 0 Å². The van der Waals surface area contributed by atoms with Crippen molar-refractivity contribution in [3.8, 4) is 5.75 Å². The Bertz CT molecular complexity index is 937. The molecule has 0 fully saturated rings. The number of nitrogens with zero attached hydrogens (tertiary/aromatic N) is 1. The fraction of sp³-hybridized carbons (Fsp3) is 0.182. The first-order chi connectivity index (χ1) is 13.1. The zero-order chi connectivity index (χ0) is 19.2. The number of anilines is 3. The number of amides is 1. The fourth-order valence-electron chi connectivity index (χ4n) is 2.84. The third kappa shape index (κ3) is 4.44. The van der Waals surface area contributed by atoms with Gasteiger partial charge in [-0.3, -0.25) is 4.79 Å². The van der Waals surface area contributed by atoms with Crippen LogP contribution in [0.15, 0.2) is 60.8 Å². The largest absolute Gasteiger partial charge is 0.497 e. The van der Waals surface area contributed by atoms with Gasteiger partial charge in [-0.25, -0.2) is 4.98 Å². The molecule has 1 aromatic heterocycles. The van der Waals surface area contributed by atoms with E-state index in [4.69, 9.17) is 4.74 Å². The summed E-state index contributed by atoms with van der Waals surface area (Å²) in [5.41, 5.74) is 4.42. The van der Waals surface area contributed by atoms with Crippen molar-refractivity contribution in [3.05, 3.63) is 77.5 Å². The van der Waals surface area contributed by atoms with Crippen LogP contribution in [0, 0.1) is 6.92 Å². The second-order valence-corrected chi connectivity index (χ2v) is 6.21. The SMILES string of the molecule is CCc1cccc(C)c1NC(=O)c1ccc(Nc2cccc(OC)c2)nc1. The summed E-state index contributed by atoms with van der Waals surface area (Å²) in [7, 11) is 1.63. The third-order valence-corrected chi connectivity index (χ3v) is 4.35. The number of hydrogen-bond acceptors (Lipinski definition) is 4. The minimum Gasteiger partial charge on any atom is -0.497 e. The van der Waals surface area contributed by atoms with Gasteiger partial charge in [0.1, 0.15) is 11.6 Å². The molecular formula is C22H23N3O2. The van der Waals surface area contributed by atoms with Gasteiger partial charge < -0.3 is 15.4 Å². The summed E-state index contributed by atoms with van der Waals surface area (Å²) in [6.45, 7) is 4.07. The van der Waals surface area contributed by atoms with Crippen LogP contribution in [0.2, 0.25) is 0 Å². The number of hydrogen-bond donors (Lipinski definition) is 2. The summed E-state index contributed by atoms with van der Waals surface area (Å²) < 4.78 is 5.21. The molecule has 5 nitrogen and oxygen atoms in total. The van der Waals surface area contributed by atoms with Crippen molar-refractivity contribution in [1.82, 2.24) is 4.98 Å². The minimum absolute atomic E-state index is 0.167. The number of carbonyl (C=O) groups excluding carboxylic acids is 1. The van der Waals surface area contributed by atoms with Crippen molar-refractivity contribution >= 4 is 23.1 Å². The molecule has 0 saturated heterocycles. The van der Waals surface area contributed by atoms with E-state index in [0.29, 0.717) is 11.4 Å². The van der Waals surface area contributed by atoms with Crippen LogP contribution in [0.25, 0.3) is 0 Å². The molecule has 138 valence electrons. The molecule has 27 heavy (non-hydrogen) atoms. The first-order valence-corrected chi connectivity index (χ1v) is 8.87. The second-order valence-electron chi connectivity index (χ2n) is 6.21. The predicted octanol–water partition coefficient (Wildman–Crippen LogP) is 4.96. The van der Waals surface area contributed by atoms with Crippen molar-refractivity contribution in [2.24, 2.45) is 0 Å². The number of carbonyl (C=O) groups is 1. The average Bonchev–Trinajstić information content (AvgIpc) is 2.70. The maximum absolute atomic E-state index is 12.6. The lowest BCUT2D eigenvalue weighted by Crippen LogP contribution is -2.14. The van der Waals surface area contributed by atoms with Crippen LogP contribution in [-0.4, -0.2) is 18.0 Å². The number of methoxy groups -OCH3 is 1. The quantitative estimate of drug-likeness (QED) is 0.651. The fourth-order valence-corrected chi connectivity index (χ4v) is 2.84. The Morgan fingerprint density at radius 1 is 1.11 bits per heavy atom. The maximum atomic E-state index is 12.6. The van der Waals surface area contributed by atoms with E-state index in [1.165, 1.54) is 0 Å². The van der Waals surface area contributed by atoms with Crippen LogP contribution in [-0.2, 0) is 6.42 Å². The number of aryl methyl sites for hydroxylation is 2. The highest BCUT2D eigenvalue weighted by Crippen LogP contribution is 2.23. The van der Waals surface area contributed by atoms with Gasteiger partial charge in [-0.2, -0.15) is 0 Å². The molecule has 0 aliphatic heterocycles. The number of para-hydroxylation sites is 1. The molecular weight excluding hydrogens is 338 g/mol. The Balaban J connectivity index is 1.72. The summed E-state index contributed by atoms with van der Waals surface area (Å²) in [4.78, 5) is 16.9. The molecule has 0 radical (unpaired) electrons. The molecule has 0 bridgehead atoms. The molecule has 0 aliphatic carbocycles. The van der Waals surface area contributed by atoms with Crippen LogP contribution >= 0.6 is 0 Å². The normalized spacial score (nSPS) is 10.3. The summed E-state index contributed by atoms with van der Waals surface area (Å²) in [6.07, 6.45) is 2.43. The van der Waals surface area contributed by atoms with Gasteiger partial charge in [0.2, 0.25) is 0 Å². The van der Waals surface area contributed by atoms with Crippen molar-refractivity contribution in [2.45, 2.75) is 20.3 Å². The Morgan fingerprint density at radius 3 is 2.63 bits per heavy atom. The summed E-state index contributed by atoms with van der Waals surface area (Å²) in [6, 6.07) is 17.2. The number of pyridine rings is 1. The standard InChI is InChI=1S/C22H23N3O2/c1-4-16-8-5-7-15(2)21(16)25-22(26)17-11-12-20(23-14-17)24-18-9-6-10-19(13-18)27-3/h5-14H,4H2,1-3H3,(H,23,24)(H,25,26). The van der Waals surface area contributed by atoms with Crippen molar-refractivity contribution < 1.29 is 9.53 Å². The Kier molecular flexibility index (Phi) is 5.71. The molecule has 5 heteroatoms. The Hall–Kier alpha value is -3.34. The van der Waals surface area contributed by atoms with E-state index in [0.717, 1.165) is 34.7 Å². The Labute approximate surface area is 159 Å². The van der Waals surface area contributed by atoms with E-state index in [2.05, 4.69) is 22.5 Å². The number of rotatable bonds is 6. The lowest BCUT2D eigenvalue weighted by atomic mass is 10.1. The number of aromatic nitrogens is 1. The lowest BCUT2D eigenvalue weighted by molar-refractivity contribution is 0.102. The zero-order valence-corrected chi connectivity index (χ0v) is 15.7. The van der Waals surface area contributed by atoms with Gasteiger partial charge in [0.25, 0.3) is 5.91 Å². The van der Waals surface area contributed by atoms with E-state index >= 15 is 0 Å². The molecule has 0 saturated carbocycles. The van der Waals surface area contributed by atoms with E-state index in [1.807, 2.05) is 49.4 Å². The molecule has 2 N–H and O–H groups in total. The predicted molar refractivity (Wildman–Crippen MR) is 109 cm³/mol. The molecule has 0 aliphatic rings. The molecule has 1 heterocycles. The van der Waals surface area contributed by atoms with Gasteiger partial charge in [-0.15, -0.1) is 0 Å². The molecule has 0 spiro atoms. The van der Waals surface area contributed by atoms with Crippen LogP contribution in [0.3, 0.4) is 0 Å². The molecule has 0 atom stereocenters. The highest BCUT2D eigenvalue weighted by Gasteiger charge is 2.11. The van der Waals surface area contributed by atoms with Crippen LogP contribution in [0.5, 0.6) is 5.75 Å². The number of benzene rings is 2. The van der Waals surface area contributed by atoms with E-state index in [1.54, 1.807) is 25.4 Å². The Morgan fingerprint density at radius 2 is 1.93 bits per heavy atom. The van der Waals surface area contributed by atoms with Crippen molar-refractivity contribution in [2.75, 3.05) is 17.7 Å². The molecule has 2 aromatic carbocycles.